The minimum absolute atomic E-state index is 0.269. The number of rotatable bonds is 5. The molecule has 138 valence electrons. The van der Waals surface area contributed by atoms with Crippen LogP contribution in [0.2, 0.25) is 0 Å². The molecule has 1 amide bonds. The monoisotopic (exact) mass is 346 g/mol. The van der Waals surface area contributed by atoms with E-state index in [2.05, 4.69) is 17.0 Å². The van der Waals surface area contributed by atoms with Gasteiger partial charge in [-0.05, 0) is 55.4 Å². The molecule has 25 heavy (non-hydrogen) atoms. The summed E-state index contributed by atoms with van der Waals surface area (Å²) in [6, 6.07) is 6.28. The Kier molecular flexibility index (Phi) is 5.97. The Morgan fingerprint density at radius 3 is 2.76 bits per heavy atom. The van der Waals surface area contributed by atoms with E-state index >= 15 is 0 Å². The zero-order valence-electron chi connectivity index (χ0n) is 15.4. The van der Waals surface area contributed by atoms with Crippen molar-refractivity contribution in [2.24, 2.45) is 0 Å². The molecule has 2 atom stereocenters. The molecule has 1 aromatic rings. The SMILES string of the molecule is COc1ccc2c(c1)CCCC2CC(=O)N1CCN(CC(C)O)CC1. The largest absolute Gasteiger partial charge is 0.497 e. The quantitative estimate of drug-likeness (QED) is 0.886. The number of methoxy groups -OCH3 is 1. The van der Waals surface area contributed by atoms with Crippen LogP contribution < -0.4 is 4.74 Å². The van der Waals surface area contributed by atoms with E-state index in [1.54, 1.807) is 7.11 Å². The third kappa shape index (κ3) is 4.53. The Balaban J connectivity index is 1.58. The number of amides is 1. The summed E-state index contributed by atoms with van der Waals surface area (Å²) in [5.74, 6) is 1.50. The number of nitrogens with zero attached hydrogens (tertiary/aromatic N) is 2. The van der Waals surface area contributed by atoms with Crippen molar-refractivity contribution in [3.8, 4) is 5.75 Å². The lowest BCUT2D eigenvalue weighted by molar-refractivity contribution is -0.133. The molecule has 1 N–H and O–H groups in total. The molecule has 1 fully saturated rings. The van der Waals surface area contributed by atoms with Gasteiger partial charge in [0.15, 0.2) is 0 Å². The molecule has 1 saturated heterocycles. The highest BCUT2D eigenvalue weighted by Gasteiger charge is 2.27. The van der Waals surface area contributed by atoms with E-state index in [1.165, 1.54) is 11.1 Å². The number of aryl methyl sites for hydroxylation is 1. The molecule has 1 aliphatic heterocycles. The molecule has 0 saturated carbocycles. The fourth-order valence-electron chi connectivity index (χ4n) is 4.12. The maximum absolute atomic E-state index is 12.8. The number of benzene rings is 1. The normalized spacial score (nSPS) is 22.4. The summed E-state index contributed by atoms with van der Waals surface area (Å²) >= 11 is 0. The van der Waals surface area contributed by atoms with Gasteiger partial charge in [-0.25, -0.2) is 0 Å². The lowest BCUT2D eigenvalue weighted by Crippen LogP contribution is -2.50. The average Bonchev–Trinajstić information content (AvgIpc) is 2.61. The van der Waals surface area contributed by atoms with E-state index in [0.29, 0.717) is 18.9 Å². The second-order valence-electron chi connectivity index (χ2n) is 7.39. The molecule has 3 rings (SSSR count). The van der Waals surface area contributed by atoms with E-state index in [9.17, 15) is 9.90 Å². The summed E-state index contributed by atoms with van der Waals surface area (Å²) in [5.41, 5.74) is 2.67. The van der Waals surface area contributed by atoms with E-state index in [-0.39, 0.29) is 12.0 Å². The van der Waals surface area contributed by atoms with E-state index in [4.69, 9.17) is 4.74 Å². The number of aliphatic hydroxyl groups is 1. The first-order valence-electron chi connectivity index (χ1n) is 9.42. The Hall–Kier alpha value is -1.59. The van der Waals surface area contributed by atoms with Crippen LogP contribution in [0.4, 0.5) is 0 Å². The number of β-amino-alcohol motifs (C(OH)–C–C–N with tert-alkyl or cyclic N) is 1. The van der Waals surface area contributed by atoms with Crippen molar-refractivity contribution < 1.29 is 14.6 Å². The number of ether oxygens (including phenoxy) is 1. The van der Waals surface area contributed by atoms with Gasteiger partial charge in [0.2, 0.25) is 5.91 Å². The van der Waals surface area contributed by atoms with Gasteiger partial charge in [0.05, 0.1) is 13.2 Å². The number of carbonyl (C=O) groups excluding carboxylic acids is 1. The van der Waals surface area contributed by atoms with Crippen LogP contribution in [0.15, 0.2) is 18.2 Å². The molecule has 1 aromatic carbocycles. The van der Waals surface area contributed by atoms with E-state index in [0.717, 1.165) is 51.2 Å². The average molecular weight is 346 g/mol. The van der Waals surface area contributed by atoms with Crippen LogP contribution in [0.25, 0.3) is 0 Å². The number of carbonyl (C=O) groups is 1. The van der Waals surface area contributed by atoms with Crippen LogP contribution in [0, 0.1) is 0 Å². The Morgan fingerprint density at radius 1 is 1.32 bits per heavy atom. The highest BCUT2D eigenvalue weighted by atomic mass is 16.5. The van der Waals surface area contributed by atoms with Crippen molar-refractivity contribution in [3.63, 3.8) is 0 Å². The topological polar surface area (TPSA) is 53.0 Å². The summed E-state index contributed by atoms with van der Waals surface area (Å²) in [6.45, 7) is 5.76. The summed E-state index contributed by atoms with van der Waals surface area (Å²) in [5, 5.41) is 9.50. The van der Waals surface area contributed by atoms with E-state index < -0.39 is 0 Å². The van der Waals surface area contributed by atoms with Gasteiger partial charge in [0, 0.05) is 39.1 Å². The zero-order valence-corrected chi connectivity index (χ0v) is 15.4. The second-order valence-corrected chi connectivity index (χ2v) is 7.39. The number of piperazine rings is 1. The third-order valence-electron chi connectivity index (χ3n) is 5.46. The molecule has 5 nitrogen and oxygen atoms in total. The highest BCUT2D eigenvalue weighted by Crippen LogP contribution is 2.36. The van der Waals surface area contributed by atoms with Gasteiger partial charge >= 0.3 is 0 Å². The molecule has 2 aliphatic rings. The van der Waals surface area contributed by atoms with Crippen molar-refractivity contribution in [2.75, 3.05) is 39.8 Å². The van der Waals surface area contributed by atoms with Gasteiger partial charge in [-0.15, -0.1) is 0 Å². The number of hydrogen-bond acceptors (Lipinski definition) is 4. The molecule has 0 radical (unpaired) electrons. The van der Waals surface area contributed by atoms with Crippen LogP contribution in [-0.2, 0) is 11.2 Å². The van der Waals surface area contributed by atoms with Gasteiger partial charge in [-0.1, -0.05) is 6.07 Å². The van der Waals surface area contributed by atoms with E-state index in [1.807, 2.05) is 17.9 Å². The van der Waals surface area contributed by atoms with Crippen LogP contribution in [0.5, 0.6) is 5.75 Å². The summed E-state index contributed by atoms with van der Waals surface area (Å²) in [4.78, 5) is 17.0. The molecular weight excluding hydrogens is 316 g/mol. The smallest absolute Gasteiger partial charge is 0.223 e. The van der Waals surface area contributed by atoms with Crippen LogP contribution in [0.1, 0.15) is 43.2 Å². The van der Waals surface area contributed by atoms with Crippen LogP contribution >= 0.6 is 0 Å². The molecule has 2 unspecified atom stereocenters. The van der Waals surface area contributed by atoms with Gasteiger partial charge in [0.25, 0.3) is 0 Å². The first-order chi connectivity index (χ1) is 12.1. The number of hydrogen-bond donors (Lipinski definition) is 1. The van der Waals surface area contributed by atoms with Crippen molar-refractivity contribution in [2.45, 2.75) is 44.6 Å². The van der Waals surface area contributed by atoms with Gasteiger partial charge < -0.3 is 14.7 Å². The van der Waals surface area contributed by atoms with Crippen molar-refractivity contribution in [3.05, 3.63) is 29.3 Å². The Morgan fingerprint density at radius 2 is 2.08 bits per heavy atom. The standard InChI is InChI=1S/C20H30N2O3/c1-15(23)14-21-8-10-22(11-9-21)20(24)13-17-5-3-4-16-12-18(25-2)6-7-19(16)17/h6-7,12,15,17,23H,3-5,8-11,13-14H2,1-2H3. The summed E-state index contributed by atoms with van der Waals surface area (Å²) in [6.07, 6.45) is 3.61. The summed E-state index contributed by atoms with van der Waals surface area (Å²) in [7, 11) is 1.70. The van der Waals surface area contributed by atoms with Crippen molar-refractivity contribution >= 4 is 5.91 Å². The molecule has 0 spiro atoms. The number of fused-ring (bicyclic) bond motifs is 1. The van der Waals surface area contributed by atoms with Crippen LogP contribution in [0.3, 0.4) is 0 Å². The first kappa shape index (κ1) is 18.2. The van der Waals surface area contributed by atoms with Gasteiger partial charge in [0.1, 0.15) is 5.75 Å². The molecule has 0 bridgehead atoms. The minimum atomic E-state index is -0.307. The molecule has 0 aromatic heterocycles. The third-order valence-corrected chi connectivity index (χ3v) is 5.46. The Bertz CT molecular complexity index is 595. The minimum Gasteiger partial charge on any atom is -0.497 e. The van der Waals surface area contributed by atoms with Crippen molar-refractivity contribution in [1.82, 2.24) is 9.80 Å². The van der Waals surface area contributed by atoms with Crippen LogP contribution in [-0.4, -0.2) is 66.8 Å². The molecule has 5 heteroatoms. The number of aliphatic hydroxyl groups excluding tert-OH is 1. The molecular formula is C20H30N2O3. The molecule has 1 heterocycles. The maximum Gasteiger partial charge on any atom is 0.223 e. The summed E-state index contributed by atoms with van der Waals surface area (Å²) < 4.78 is 5.33. The predicted molar refractivity (Wildman–Crippen MR) is 98.0 cm³/mol. The Labute approximate surface area is 150 Å². The fourth-order valence-corrected chi connectivity index (χ4v) is 4.12. The first-order valence-corrected chi connectivity index (χ1v) is 9.42. The lowest BCUT2D eigenvalue weighted by atomic mass is 9.80. The fraction of sp³-hybridized carbons (Fsp3) is 0.650. The zero-order chi connectivity index (χ0) is 17.8. The second kappa shape index (κ2) is 8.19. The lowest BCUT2D eigenvalue weighted by Gasteiger charge is -2.36. The molecule has 1 aliphatic carbocycles. The maximum atomic E-state index is 12.8. The highest BCUT2D eigenvalue weighted by molar-refractivity contribution is 5.77. The van der Waals surface area contributed by atoms with Gasteiger partial charge in [-0.3, -0.25) is 9.69 Å². The van der Waals surface area contributed by atoms with Gasteiger partial charge in [-0.2, -0.15) is 0 Å². The predicted octanol–water partition coefficient (Wildman–Crippen LogP) is 2.03. The van der Waals surface area contributed by atoms with Crippen molar-refractivity contribution in [1.29, 1.82) is 0 Å².